The highest BCUT2D eigenvalue weighted by molar-refractivity contribution is 7.07. The van der Waals surface area contributed by atoms with E-state index in [-0.39, 0.29) is 18.1 Å². The molecule has 0 fully saturated rings. The standard InChI is InChI=1S/C33H35N3O4S/c1-4-6-7-8-14-21-35-25-18-13-12-17-24(25)28(30(35)37)29-31(38)36-26(20-19-23-15-10-9-11-16-23)27(32(39)40-5-2)22(3)34-33(36)41-29/h9-13,15-20,26H,4-8,14,21H2,1-3H3/b20-19+,29-28-. The fourth-order valence-electron chi connectivity index (χ4n) is 5.43. The maximum absolute atomic E-state index is 14.2. The predicted octanol–water partition coefficient (Wildman–Crippen LogP) is 5.15. The fraction of sp³-hybridized carbons (Fsp3) is 0.333. The number of benzene rings is 2. The summed E-state index contributed by atoms with van der Waals surface area (Å²) in [4.78, 5) is 48.0. The summed E-state index contributed by atoms with van der Waals surface area (Å²) in [5.41, 5.74) is 3.40. The second-order valence-electron chi connectivity index (χ2n) is 10.2. The lowest BCUT2D eigenvalue weighted by molar-refractivity contribution is -0.139. The van der Waals surface area contributed by atoms with E-state index in [0.717, 1.165) is 42.5 Å². The van der Waals surface area contributed by atoms with Crippen molar-refractivity contribution in [2.75, 3.05) is 18.1 Å². The van der Waals surface area contributed by atoms with Crippen LogP contribution in [0.5, 0.6) is 0 Å². The number of carbonyl (C=O) groups is 2. The summed E-state index contributed by atoms with van der Waals surface area (Å²) in [5.74, 6) is -0.671. The highest BCUT2D eigenvalue weighted by Crippen LogP contribution is 2.35. The molecular weight excluding hydrogens is 534 g/mol. The monoisotopic (exact) mass is 569 g/mol. The average Bonchev–Trinajstić information content (AvgIpc) is 3.44. The summed E-state index contributed by atoms with van der Waals surface area (Å²) in [6.45, 7) is 6.50. The average molecular weight is 570 g/mol. The van der Waals surface area contributed by atoms with Gasteiger partial charge < -0.3 is 9.64 Å². The molecule has 1 unspecified atom stereocenters. The van der Waals surface area contributed by atoms with Gasteiger partial charge in [-0.15, -0.1) is 0 Å². The molecule has 212 valence electrons. The van der Waals surface area contributed by atoms with Gasteiger partial charge in [-0.05, 0) is 31.9 Å². The molecule has 0 spiro atoms. The normalized spacial score (nSPS) is 17.6. The fourth-order valence-corrected chi connectivity index (χ4v) is 6.57. The molecule has 0 radical (unpaired) electrons. The van der Waals surface area contributed by atoms with Crippen molar-refractivity contribution < 1.29 is 14.3 Å². The van der Waals surface area contributed by atoms with E-state index in [1.54, 1.807) is 18.7 Å². The van der Waals surface area contributed by atoms with Gasteiger partial charge in [-0.2, -0.15) is 0 Å². The first-order valence-corrected chi connectivity index (χ1v) is 15.1. The van der Waals surface area contributed by atoms with Crippen LogP contribution in [0.2, 0.25) is 0 Å². The molecule has 1 atom stereocenters. The number of anilines is 1. The lowest BCUT2D eigenvalue weighted by atomic mass is 10.0. The first kappa shape index (κ1) is 28.5. The number of hydrogen-bond acceptors (Lipinski definition) is 6. The van der Waals surface area contributed by atoms with Crippen molar-refractivity contribution >= 4 is 40.5 Å². The largest absolute Gasteiger partial charge is 0.463 e. The number of amides is 1. The molecule has 1 amide bonds. The molecule has 3 heterocycles. The zero-order valence-corrected chi connectivity index (χ0v) is 24.6. The number of thiazole rings is 1. The van der Waals surface area contributed by atoms with Gasteiger partial charge in [0.15, 0.2) is 4.80 Å². The van der Waals surface area contributed by atoms with Crippen LogP contribution in [0.1, 0.15) is 70.0 Å². The third kappa shape index (κ3) is 5.61. The number of unbranched alkanes of at least 4 members (excludes halogenated alkanes) is 4. The van der Waals surface area contributed by atoms with Crippen molar-refractivity contribution in [2.24, 2.45) is 4.99 Å². The maximum atomic E-state index is 14.2. The topological polar surface area (TPSA) is 81.0 Å². The minimum Gasteiger partial charge on any atom is -0.463 e. The van der Waals surface area contributed by atoms with Crippen molar-refractivity contribution in [3.8, 4) is 0 Å². The molecule has 0 bridgehead atoms. The van der Waals surface area contributed by atoms with E-state index in [9.17, 15) is 14.4 Å². The van der Waals surface area contributed by atoms with Gasteiger partial charge in [-0.25, -0.2) is 9.79 Å². The predicted molar refractivity (Wildman–Crippen MR) is 163 cm³/mol. The second-order valence-corrected chi connectivity index (χ2v) is 11.2. The molecule has 2 aliphatic rings. The zero-order valence-electron chi connectivity index (χ0n) is 23.8. The maximum Gasteiger partial charge on any atom is 0.338 e. The Morgan fingerprint density at radius 3 is 2.49 bits per heavy atom. The Labute approximate surface area is 243 Å². The first-order chi connectivity index (χ1) is 20.0. The van der Waals surface area contributed by atoms with Crippen LogP contribution >= 0.6 is 11.3 Å². The highest BCUT2D eigenvalue weighted by Gasteiger charge is 2.36. The van der Waals surface area contributed by atoms with E-state index in [1.165, 1.54) is 22.3 Å². The van der Waals surface area contributed by atoms with Gasteiger partial charge in [-0.3, -0.25) is 14.2 Å². The van der Waals surface area contributed by atoms with E-state index in [0.29, 0.717) is 32.7 Å². The van der Waals surface area contributed by atoms with Gasteiger partial charge >= 0.3 is 5.97 Å². The Kier molecular flexibility index (Phi) is 8.78. The van der Waals surface area contributed by atoms with Crippen LogP contribution < -0.4 is 19.8 Å². The van der Waals surface area contributed by atoms with E-state index in [4.69, 9.17) is 4.74 Å². The molecule has 2 aliphatic heterocycles. The molecular formula is C33H35N3O4S. The number of rotatable bonds is 10. The van der Waals surface area contributed by atoms with E-state index in [1.807, 2.05) is 66.7 Å². The zero-order chi connectivity index (χ0) is 28.9. The van der Waals surface area contributed by atoms with Gasteiger partial charge in [0.25, 0.3) is 11.5 Å². The smallest absolute Gasteiger partial charge is 0.338 e. The highest BCUT2D eigenvalue weighted by atomic mass is 32.1. The molecule has 1 aromatic heterocycles. The Bertz CT molecular complexity index is 1700. The molecule has 41 heavy (non-hydrogen) atoms. The SMILES string of the molecule is CCCCCCCN1C(=O)/C(=c2\sc3n(c2=O)C(/C=C/c2ccccc2)C(C(=O)OCC)=C(C)N=3)c2ccccc21. The van der Waals surface area contributed by atoms with E-state index >= 15 is 0 Å². The van der Waals surface area contributed by atoms with Gasteiger partial charge in [0.1, 0.15) is 4.53 Å². The lowest BCUT2D eigenvalue weighted by Gasteiger charge is -2.21. The molecule has 3 aromatic rings. The number of nitrogens with zero attached hydrogens (tertiary/aromatic N) is 3. The van der Waals surface area contributed by atoms with Crippen molar-refractivity contribution in [3.05, 3.63) is 103 Å². The minimum absolute atomic E-state index is 0.162. The summed E-state index contributed by atoms with van der Waals surface area (Å²) < 4.78 is 7.23. The Hall–Kier alpha value is -4.04. The summed E-state index contributed by atoms with van der Waals surface area (Å²) >= 11 is 1.20. The molecule has 8 heteroatoms. The van der Waals surface area contributed by atoms with E-state index in [2.05, 4.69) is 11.9 Å². The number of aromatic nitrogens is 1. The van der Waals surface area contributed by atoms with E-state index < -0.39 is 12.0 Å². The van der Waals surface area contributed by atoms with Crippen LogP contribution in [0.25, 0.3) is 11.6 Å². The van der Waals surface area contributed by atoms with Crippen LogP contribution in [0.3, 0.4) is 0 Å². The van der Waals surface area contributed by atoms with Crippen LogP contribution in [0.15, 0.2) is 81.7 Å². The van der Waals surface area contributed by atoms with Crippen molar-refractivity contribution in [1.82, 2.24) is 4.57 Å². The summed E-state index contributed by atoms with van der Waals surface area (Å²) in [6, 6.07) is 16.6. The van der Waals surface area contributed by atoms with Crippen LogP contribution in [0, 0.1) is 0 Å². The van der Waals surface area contributed by atoms with Crippen LogP contribution in [-0.4, -0.2) is 29.6 Å². The number of allylic oxidation sites excluding steroid dienone is 2. The third-order valence-corrected chi connectivity index (χ3v) is 8.49. The van der Waals surface area contributed by atoms with Gasteiger partial charge in [-0.1, -0.05) is 105 Å². The van der Waals surface area contributed by atoms with Crippen LogP contribution in [0.4, 0.5) is 5.69 Å². The molecule has 0 saturated carbocycles. The summed E-state index contributed by atoms with van der Waals surface area (Å²) in [7, 11) is 0. The lowest BCUT2D eigenvalue weighted by Crippen LogP contribution is -2.40. The quantitative estimate of drug-likeness (QED) is 0.250. The number of hydrogen-bond donors (Lipinski definition) is 0. The number of carbonyl (C=O) groups excluding carboxylic acids is 2. The van der Waals surface area contributed by atoms with Crippen molar-refractivity contribution in [1.29, 1.82) is 0 Å². The van der Waals surface area contributed by atoms with Gasteiger partial charge in [0.2, 0.25) is 0 Å². The summed E-state index contributed by atoms with van der Waals surface area (Å²) in [6.07, 6.45) is 9.17. The Balaban J connectivity index is 1.63. The third-order valence-electron chi connectivity index (χ3n) is 7.44. The summed E-state index contributed by atoms with van der Waals surface area (Å²) in [5, 5.41) is 0. The molecule has 0 saturated heterocycles. The Morgan fingerprint density at radius 1 is 1.00 bits per heavy atom. The number of para-hydroxylation sites is 1. The molecule has 2 aromatic carbocycles. The molecule has 0 aliphatic carbocycles. The minimum atomic E-state index is -0.721. The molecule has 7 nitrogen and oxygen atoms in total. The Morgan fingerprint density at radius 2 is 1.73 bits per heavy atom. The first-order valence-electron chi connectivity index (χ1n) is 14.3. The number of fused-ring (bicyclic) bond motifs is 2. The van der Waals surface area contributed by atoms with Gasteiger partial charge in [0.05, 0.1) is 35.2 Å². The number of ether oxygens (including phenoxy) is 1. The van der Waals surface area contributed by atoms with Crippen molar-refractivity contribution in [2.45, 2.75) is 58.9 Å². The molecule has 5 rings (SSSR count). The molecule has 0 N–H and O–H groups in total. The second kappa shape index (κ2) is 12.6. The van der Waals surface area contributed by atoms with Gasteiger partial charge in [0, 0.05) is 12.1 Å². The number of esters is 1. The van der Waals surface area contributed by atoms with Crippen LogP contribution in [-0.2, 0) is 14.3 Å². The van der Waals surface area contributed by atoms with Crippen molar-refractivity contribution in [3.63, 3.8) is 0 Å².